The number of urea groups is 1. The smallest absolute Gasteiger partial charge is 0.319 e. The van der Waals surface area contributed by atoms with Gasteiger partial charge in [-0.3, -0.25) is 4.79 Å². The normalized spacial score (nSPS) is 26.9. The summed E-state index contributed by atoms with van der Waals surface area (Å²) in [6, 6.07) is 6.74. The lowest BCUT2D eigenvalue weighted by Gasteiger charge is -2.37. The summed E-state index contributed by atoms with van der Waals surface area (Å²) in [6.07, 6.45) is 2.45. The molecule has 6 nitrogen and oxygen atoms in total. The van der Waals surface area contributed by atoms with Gasteiger partial charge in [-0.15, -0.1) is 0 Å². The molecule has 0 bridgehead atoms. The van der Waals surface area contributed by atoms with E-state index >= 15 is 0 Å². The minimum absolute atomic E-state index is 0.0262. The van der Waals surface area contributed by atoms with Crippen LogP contribution in [0, 0.1) is 0 Å². The summed E-state index contributed by atoms with van der Waals surface area (Å²) >= 11 is 0. The number of nitrogens with one attached hydrogen (secondary N) is 2. The van der Waals surface area contributed by atoms with Gasteiger partial charge in [0.15, 0.2) is 5.78 Å². The third-order valence-electron chi connectivity index (χ3n) is 4.42. The highest BCUT2D eigenvalue weighted by atomic mass is 16.6. The van der Waals surface area contributed by atoms with E-state index in [2.05, 4.69) is 10.6 Å². The first-order chi connectivity index (χ1) is 11.1. The number of carbonyl (C=O) groups is 2. The predicted octanol–water partition coefficient (Wildman–Crippen LogP) is 2.35. The van der Waals surface area contributed by atoms with Crippen LogP contribution in [0.2, 0.25) is 0 Å². The number of hydrogen-bond acceptors (Lipinski definition) is 4. The monoisotopic (exact) mass is 318 g/mol. The maximum atomic E-state index is 12.2. The van der Waals surface area contributed by atoms with E-state index in [1.165, 1.54) is 6.92 Å². The second kappa shape index (κ2) is 6.68. The standard InChI is InChI=1S/C17H22N2O4/c1-12(20)13-3-2-4-14(9-13)18-16(21)19-15-5-7-23-17(10-15)6-8-22-11-17/h2-4,9,15H,5-8,10-11H2,1H3,(H2,18,19,21). The fraction of sp³-hybridized carbons (Fsp3) is 0.529. The highest BCUT2D eigenvalue weighted by Crippen LogP contribution is 2.32. The zero-order valence-electron chi connectivity index (χ0n) is 13.3. The summed E-state index contributed by atoms with van der Waals surface area (Å²) in [5, 5.41) is 5.79. The molecule has 23 heavy (non-hydrogen) atoms. The first-order valence-corrected chi connectivity index (χ1v) is 7.97. The molecule has 6 heteroatoms. The van der Waals surface area contributed by atoms with E-state index in [9.17, 15) is 9.59 Å². The van der Waals surface area contributed by atoms with Crippen molar-refractivity contribution in [1.82, 2.24) is 5.32 Å². The maximum absolute atomic E-state index is 12.2. The van der Waals surface area contributed by atoms with Gasteiger partial charge in [-0.1, -0.05) is 12.1 Å². The summed E-state index contributed by atoms with van der Waals surface area (Å²) in [6.45, 7) is 3.46. The lowest BCUT2D eigenvalue weighted by atomic mass is 9.90. The Morgan fingerprint density at radius 1 is 1.30 bits per heavy atom. The van der Waals surface area contributed by atoms with E-state index in [-0.39, 0.29) is 23.5 Å². The van der Waals surface area contributed by atoms with Gasteiger partial charge in [-0.05, 0) is 31.9 Å². The Morgan fingerprint density at radius 3 is 2.91 bits per heavy atom. The van der Waals surface area contributed by atoms with Crippen LogP contribution in [-0.2, 0) is 9.47 Å². The molecule has 1 aromatic carbocycles. The SMILES string of the molecule is CC(=O)c1cccc(NC(=O)NC2CCOC3(CCOC3)C2)c1. The van der Waals surface area contributed by atoms with Crippen molar-refractivity contribution in [3.63, 3.8) is 0 Å². The van der Waals surface area contributed by atoms with Gasteiger partial charge in [0.05, 0.1) is 12.2 Å². The quantitative estimate of drug-likeness (QED) is 0.839. The average Bonchev–Trinajstić information content (AvgIpc) is 2.95. The van der Waals surface area contributed by atoms with Gasteiger partial charge in [0.25, 0.3) is 0 Å². The summed E-state index contributed by atoms with van der Waals surface area (Å²) in [5.41, 5.74) is 0.960. The fourth-order valence-corrected chi connectivity index (χ4v) is 3.18. The van der Waals surface area contributed by atoms with Crippen LogP contribution >= 0.6 is 0 Å². The Balaban J connectivity index is 1.57. The number of Topliss-reactive ketones (excluding diaryl/α,β-unsaturated/α-hetero) is 1. The second-order valence-electron chi connectivity index (χ2n) is 6.26. The van der Waals surface area contributed by atoms with Crippen LogP contribution in [-0.4, -0.2) is 43.3 Å². The van der Waals surface area contributed by atoms with Crippen molar-refractivity contribution in [3.05, 3.63) is 29.8 Å². The molecule has 2 fully saturated rings. The molecule has 2 N–H and O–H groups in total. The van der Waals surface area contributed by atoms with Gasteiger partial charge in [0.1, 0.15) is 0 Å². The van der Waals surface area contributed by atoms with Crippen molar-refractivity contribution in [3.8, 4) is 0 Å². The summed E-state index contributed by atoms with van der Waals surface area (Å²) in [5.74, 6) is -0.0262. The van der Waals surface area contributed by atoms with E-state index in [1.54, 1.807) is 24.3 Å². The molecule has 3 rings (SSSR count). The largest absolute Gasteiger partial charge is 0.378 e. The van der Waals surface area contributed by atoms with Crippen molar-refractivity contribution < 1.29 is 19.1 Å². The molecule has 0 saturated carbocycles. The van der Waals surface area contributed by atoms with Crippen molar-refractivity contribution >= 4 is 17.5 Å². The maximum Gasteiger partial charge on any atom is 0.319 e. The Labute approximate surface area is 135 Å². The lowest BCUT2D eigenvalue weighted by Crippen LogP contribution is -2.49. The van der Waals surface area contributed by atoms with Crippen LogP contribution in [0.15, 0.2) is 24.3 Å². The molecule has 2 amide bonds. The van der Waals surface area contributed by atoms with E-state index in [0.29, 0.717) is 24.5 Å². The van der Waals surface area contributed by atoms with Crippen LogP contribution in [0.5, 0.6) is 0 Å². The molecule has 1 spiro atoms. The molecule has 2 saturated heterocycles. The van der Waals surface area contributed by atoms with E-state index in [0.717, 1.165) is 25.9 Å². The zero-order valence-corrected chi connectivity index (χ0v) is 13.3. The molecule has 2 heterocycles. The molecule has 0 radical (unpaired) electrons. The number of anilines is 1. The van der Waals surface area contributed by atoms with Gasteiger partial charge < -0.3 is 20.1 Å². The number of benzene rings is 1. The third-order valence-corrected chi connectivity index (χ3v) is 4.42. The molecular formula is C17H22N2O4. The molecule has 0 aliphatic carbocycles. The first kappa shape index (κ1) is 16.0. The Bertz CT molecular complexity index is 596. The highest BCUT2D eigenvalue weighted by Gasteiger charge is 2.41. The number of hydrogen-bond donors (Lipinski definition) is 2. The highest BCUT2D eigenvalue weighted by molar-refractivity contribution is 5.96. The predicted molar refractivity (Wildman–Crippen MR) is 85.7 cm³/mol. The number of rotatable bonds is 3. The molecule has 124 valence electrons. The van der Waals surface area contributed by atoms with E-state index in [4.69, 9.17) is 9.47 Å². The van der Waals surface area contributed by atoms with Crippen molar-refractivity contribution in [1.29, 1.82) is 0 Å². The average molecular weight is 318 g/mol. The molecule has 2 unspecified atom stereocenters. The van der Waals surface area contributed by atoms with Gasteiger partial charge in [-0.25, -0.2) is 4.79 Å². The topological polar surface area (TPSA) is 76.7 Å². The van der Waals surface area contributed by atoms with Crippen LogP contribution in [0.1, 0.15) is 36.5 Å². The van der Waals surface area contributed by atoms with Crippen LogP contribution in [0.4, 0.5) is 10.5 Å². The Hall–Kier alpha value is -1.92. The fourth-order valence-electron chi connectivity index (χ4n) is 3.18. The van der Waals surface area contributed by atoms with Crippen LogP contribution in [0.3, 0.4) is 0 Å². The minimum atomic E-state index is -0.258. The van der Waals surface area contributed by atoms with Crippen molar-refractivity contribution in [2.24, 2.45) is 0 Å². The van der Waals surface area contributed by atoms with E-state index < -0.39 is 0 Å². The third kappa shape index (κ3) is 3.89. The van der Waals surface area contributed by atoms with Gasteiger partial charge in [-0.2, -0.15) is 0 Å². The summed E-state index contributed by atoms with van der Waals surface area (Å²) < 4.78 is 11.3. The first-order valence-electron chi connectivity index (χ1n) is 7.97. The van der Waals surface area contributed by atoms with Gasteiger partial charge in [0.2, 0.25) is 0 Å². The number of amides is 2. The van der Waals surface area contributed by atoms with Crippen LogP contribution in [0.25, 0.3) is 0 Å². The van der Waals surface area contributed by atoms with Crippen LogP contribution < -0.4 is 10.6 Å². The summed E-state index contributed by atoms with van der Waals surface area (Å²) in [7, 11) is 0. The molecule has 1 aromatic rings. The minimum Gasteiger partial charge on any atom is -0.378 e. The Kier molecular flexibility index (Phi) is 4.63. The second-order valence-corrected chi connectivity index (χ2v) is 6.26. The van der Waals surface area contributed by atoms with Crippen molar-refractivity contribution in [2.75, 3.05) is 25.1 Å². The van der Waals surface area contributed by atoms with Crippen molar-refractivity contribution in [2.45, 2.75) is 37.8 Å². The Morgan fingerprint density at radius 2 is 2.17 bits per heavy atom. The lowest BCUT2D eigenvalue weighted by molar-refractivity contribution is -0.0877. The summed E-state index contributed by atoms with van der Waals surface area (Å²) in [4.78, 5) is 23.6. The van der Waals surface area contributed by atoms with Gasteiger partial charge in [0, 0.05) is 36.9 Å². The molecule has 2 atom stereocenters. The zero-order chi connectivity index (χ0) is 16.3. The number of ether oxygens (including phenoxy) is 2. The molecule has 0 aromatic heterocycles. The number of ketones is 1. The van der Waals surface area contributed by atoms with Gasteiger partial charge >= 0.3 is 6.03 Å². The number of carbonyl (C=O) groups excluding carboxylic acids is 2. The molecule has 2 aliphatic heterocycles. The molecule has 2 aliphatic rings. The molecular weight excluding hydrogens is 296 g/mol. The van der Waals surface area contributed by atoms with E-state index in [1.807, 2.05) is 0 Å².